The second-order valence-electron chi connectivity index (χ2n) is 7.64. The van der Waals surface area contributed by atoms with Crippen molar-refractivity contribution in [3.05, 3.63) is 72.1 Å². The van der Waals surface area contributed by atoms with Crippen molar-refractivity contribution in [2.75, 3.05) is 0 Å². The van der Waals surface area contributed by atoms with E-state index >= 15 is 0 Å². The molecule has 8 nitrogen and oxygen atoms in total. The van der Waals surface area contributed by atoms with Crippen molar-refractivity contribution >= 4 is 11.9 Å². The number of carbonyl (C=O) groups is 2. The van der Waals surface area contributed by atoms with Gasteiger partial charge in [-0.15, -0.1) is 0 Å². The molecule has 1 heterocycles. The van der Waals surface area contributed by atoms with E-state index in [-0.39, 0.29) is 12.1 Å². The van der Waals surface area contributed by atoms with Gasteiger partial charge >= 0.3 is 5.97 Å². The molecule has 2 aromatic carbocycles. The highest BCUT2D eigenvalue weighted by Gasteiger charge is 2.36. The predicted octanol–water partition coefficient (Wildman–Crippen LogP) is 2.38. The summed E-state index contributed by atoms with van der Waals surface area (Å²) < 4.78 is 0. The Kier molecular flexibility index (Phi) is 6.27. The number of rotatable bonds is 8. The number of aliphatic hydroxyl groups excluding tert-OH is 1. The Morgan fingerprint density at radius 1 is 1.07 bits per heavy atom. The lowest BCUT2D eigenvalue weighted by Gasteiger charge is -2.36. The first-order valence-electron chi connectivity index (χ1n) is 9.52. The summed E-state index contributed by atoms with van der Waals surface area (Å²) in [6.07, 6.45) is -0.496. The van der Waals surface area contributed by atoms with Crippen molar-refractivity contribution in [3.63, 3.8) is 0 Å². The first-order chi connectivity index (χ1) is 14.3. The predicted molar refractivity (Wildman–Crippen MR) is 111 cm³/mol. The van der Waals surface area contributed by atoms with E-state index < -0.39 is 29.4 Å². The highest BCUT2D eigenvalue weighted by atomic mass is 16.4. The summed E-state index contributed by atoms with van der Waals surface area (Å²) in [7, 11) is 0. The Morgan fingerprint density at radius 2 is 1.70 bits per heavy atom. The Balaban J connectivity index is 1.87. The van der Waals surface area contributed by atoms with E-state index in [1.165, 1.54) is 6.20 Å². The summed E-state index contributed by atoms with van der Waals surface area (Å²) >= 11 is 0. The van der Waals surface area contributed by atoms with Crippen molar-refractivity contribution < 1.29 is 19.8 Å². The first kappa shape index (κ1) is 21.2. The summed E-state index contributed by atoms with van der Waals surface area (Å²) in [6, 6.07) is 17.1. The number of aromatic nitrogens is 3. The van der Waals surface area contributed by atoms with Crippen LogP contribution < -0.4 is 5.32 Å². The molecule has 0 radical (unpaired) electrons. The number of nitrogens with one attached hydrogen (secondary N) is 2. The number of aromatic amines is 1. The first-order valence-corrected chi connectivity index (χ1v) is 9.52. The van der Waals surface area contributed by atoms with E-state index in [0.717, 1.165) is 16.7 Å². The van der Waals surface area contributed by atoms with Crippen LogP contribution in [-0.2, 0) is 10.2 Å². The van der Waals surface area contributed by atoms with Crippen LogP contribution in [0.1, 0.15) is 36.3 Å². The molecule has 1 aromatic heterocycles. The zero-order chi connectivity index (χ0) is 21.7. The van der Waals surface area contributed by atoms with Gasteiger partial charge in [0, 0.05) is 17.9 Å². The van der Waals surface area contributed by atoms with E-state index in [9.17, 15) is 14.7 Å². The lowest BCUT2D eigenvalue weighted by molar-refractivity contribution is -0.147. The van der Waals surface area contributed by atoms with E-state index in [1.807, 2.05) is 68.4 Å². The van der Waals surface area contributed by atoms with Crippen LogP contribution in [0.25, 0.3) is 11.1 Å². The largest absolute Gasteiger partial charge is 0.479 e. The van der Waals surface area contributed by atoms with Crippen LogP contribution in [0, 0.1) is 0 Å². The maximum atomic E-state index is 12.5. The molecule has 0 aliphatic rings. The van der Waals surface area contributed by atoms with Crippen LogP contribution in [0.4, 0.5) is 0 Å². The number of carboxylic acids is 1. The average molecular weight is 408 g/mol. The topological polar surface area (TPSA) is 128 Å². The third-order valence-corrected chi connectivity index (χ3v) is 5.30. The molecule has 8 heteroatoms. The molecule has 0 bridgehead atoms. The molecule has 3 aromatic rings. The number of nitrogens with zero attached hydrogens (tertiary/aromatic N) is 2. The van der Waals surface area contributed by atoms with Crippen LogP contribution in [0.2, 0.25) is 0 Å². The second-order valence-corrected chi connectivity index (χ2v) is 7.64. The van der Waals surface area contributed by atoms with E-state index in [2.05, 4.69) is 20.7 Å². The number of hydrogen-bond acceptors (Lipinski definition) is 5. The number of aliphatic carboxylic acids is 1. The summed E-state index contributed by atoms with van der Waals surface area (Å²) in [6.45, 7) is 3.79. The number of aliphatic hydroxyl groups is 1. The third kappa shape index (κ3) is 4.72. The number of benzene rings is 2. The molecule has 1 unspecified atom stereocenters. The zero-order valence-electron chi connectivity index (χ0n) is 16.7. The molecule has 2 atom stereocenters. The van der Waals surface area contributed by atoms with Gasteiger partial charge in [0.05, 0.1) is 6.20 Å². The molecule has 0 saturated heterocycles. The van der Waals surface area contributed by atoms with Gasteiger partial charge < -0.3 is 15.5 Å². The minimum atomic E-state index is -1.62. The number of carbonyl (C=O) groups excluding carboxylic acids is 1. The highest BCUT2D eigenvalue weighted by molar-refractivity contribution is 5.92. The Labute approximate surface area is 174 Å². The summed E-state index contributed by atoms with van der Waals surface area (Å²) in [5.74, 6) is -1.84. The van der Waals surface area contributed by atoms with E-state index in [4.69, 9.17) is 5.11 Å². The molecule has 0 aliphatic heterocycles. The number of amides is 1. The molecule has 0 spiro atoms. The maximum Gasteiger partial charge on any atom is 0.332 e. The van der Waals surface area contributed by atoms with E-state index in [0.29, 0.717) is 0 Å². The van der Waals surface area contributed by atoms with Crippen LogP contribution in [-0.4, -0.2) is 49.6 Å². The van der Waals surface area contributed by atoms with Crippen molar-refractivity contribution in [1.29, 1.82) is 0 Å². The molecule has 1 amide bonds. The smallest absolute Gasteiger partial charge is 0.332 e. The minimum Gasteiger partial charge on any atom is -0.479 e. The Hall–Kier alpha value is -3.52. The van der Waals surface area contributed by atoms with Gasteiger partial charge in [-0.2, -0.15) is 15.4 Å². The van der Waals surface area contributed by atoms with Crippen LogP contribution in [0.5, 0.6) is 0 Å². The molecule has 156 valence electrons. The van der Waals surface area contributed by atoms with Crippen LogP contribution >= 0.6 is 0 Å². The monoisotopic (exact) mass is 408 g/mol. The summed E-state index contributed by atoms with van der Waals surface area (Å²) in [5, 5.41) is 31.7. The third-order valence-electron chi connectivity index (χ3n) is 5.30. The van der Waals surface area contributed by atoms with Gasteiger partial charge in [0.25, 0.3) is 5.91 Å². The Morgan fingerprint density at radius 3 is 2.27 bits per heavy atom. The van der Waals surface area contributed by atoms with Crippen molar-refractivity contribution in [2.45, 2.75) is 37.8 Å². The molecular weight excluding hydrogens is 384 g/mol. The fourth-order valence-electron chi connectivity index (χ4n) is 3.33. The van der Waals surface area contributed by atoms with Crippen molar-refractivity contribution in [3.8, 4) is 11.1 Å². The van der Waals surface area contributed by atoms with Crippen molar-refractivity contribution in [1.82, 2.24) is 20.7 Å². The standard InChI is InChI=1S/C22H24N4O4/c1-22(2,16-10-8-15(9-11-16)14-6-4-3-5-7-14)19(12-18(27)21(29)30)24-20(28)17-13-23-26-25-17/h3-11,13,18-19,27H,12H2,1-2H3,(H,24,28)(H,29,30)(H,23,25,26)/t18-,19?/m1/s1. The SMILES string of the molecule is CC(C)(c1ccc(-c2ccccc2)cc1)C(C[C@@H](O)C(=O)O)NC(=O)c1cn[nH]n1. The fraction of sp³-hybridized carbons (Fsp3) is 0.273. The molecule has 30 heavy (non-hydrogen) atoms. The maximum absolute atomic E-state index is 12.5. The molecule has 0 saturated carbocycles. The lowest BCUT2D eigenvalue weighted by Crippen LogP contribution is -2.50. The summed E-state index contributed by atoms with van der Waals surface area (Å²) in [5.41, 5.74) is 2.43. The van der Waals surface area contributed by atoms with Gasteiger partial charge in [0.1, 0.15) is 0 Å². The average Bonchev–Trinajstić information content (AvgIpc) is 3.29. The van der Waals surface area contributed by atoms with Gasteiger partial charge in [-0.05, 0) is 16.7 Å². The minimum absolute atomic E-state index is 0.0834. The second kappa shape index (κ2) is 8.87. The molecular formula is C22H24N4O4. The van der Waals surface area contributed by atoms with E-state index in [1.54, 1.807) is 0 Å². The van der Waals surface area contributed by atoms with Crippen LogP contribution in [0.3, 0.4) is 0 Å². The van der Waals surface area contributed by atoms with Crippen LogP contribution in [0.15, 0.2) is 60.8 Å². The van der Waals surface area contributed by atoms with Gasteiger partial charge in [0.15, 0.2) is 11.8 Å². The normalized spacial score (nSPS) is 13.4. The van der Waals surface area contributed by atoms with Gasteiger partial charge in [-0.1, -0.05) is 68.4 Å². The quantitative estimate of drug-likeness (QED) is 0.453. The molecule has 3 rings (SSSR count). The number of carboxylic acid groups (broad SMARTS) is 1. The molecule has 0 fully saturated rings. The lowest BCUT2D eigenvalue weighted by atomic mass is 9.75. The zero-order valence-corrected chi connectivity index (χ0v) is 16.7. The summed E-state index contributed by atoms with van der Waals surface area (Å²) in [4.78, 5) is 23.7. The fourth-order valence-corrected chi connectivity index (χ4v) is 3.33. The van der Waals surface area contributed by atoms with Crippen molar-refractivity contribution in [2.24, 2.45) is 0 Å². The molecule has 4 N–H and O–H groups in total. The Bertz CT molecular complexity index is 986. The number of H-pyrrole nitrogens is 1. The highest BCUT2D eigenvalue weighted by Crippen LogP contribution is 2.32. The van der Waals surface area contributed by atoms with Gasteiger partial charge in [-0.25, -0.2) is 4.79 Å². The molecule has 0 aliphatic carbocycles. The van der Waals surface area contributed by atoms with Gasteiger partial charge in [-0.3, -0.25) is 4.79 Å². The number of hydrogen-bond donors (Lipinski definition) is 4. The van der Waals surface area contributed by atoms with Gasteiger partial charge in [0.2, 0.25) is 0 Å².